The number of nitrogens with zero attached hydrogens (tertiary/aromatic N) is 4. The molecule has 2 rings (SSSR count). The van der Waals surface area contributed by atoms with Crippen molar-refractivity contribution in [3.63, 3.8) is 0 Å². The summed E-state index contributed by atoms with van der Waals surface area (Å²) in [5.74, 6) is 0. The summed E-state index contributed by atoms with van der Waals surface area (Å²) in [5.41, 5.74) is 0. The van der Waals surface area contributed by atoms with Gasteiger partial charge >= 0.3 is 10.4 Å². The van der Waals surface area contributed by atoms with Crippen molar-refractivity contribution in [2.45, 2.75) is 13.8 Å². The highest BCUT2D eigenvalue weighted by molar-refractivity contribution is 7.81. The van der Waals surface area contributed by atoms with Gasteiger partial charge in [0.05, 0.1) is 13.3 Å². The molecular weight excluding hydrogens is 320 g/mol. The van der Waals surface area contributed by atoms with Crippen molar-refractivity contribution < 1.29 is 20.0 Å². The van der Waals surface area contributed by atoms with E-state index in [0.717, 1.165) is 26.4 Å². The lowest BCUT2D eigenvalue weighted by Gasteiger charge is -2.14. The van der Waals surface area contributed by atoms with Crippen LogP contribution in [0.1, 0.15) is 16.7 Å². The SMILES string of the molecule is C#COS(=O)(=O)O.CCN1C=CN(C)C1.CCN1C=CN(C)C1.[HH].[HH]. The second-order valence-electron chi connectivity index (χ2n) is 4.83. The Morgan fingerprint density at radius 2 is 1.48 bits per heavy atom. The molecule has 0 saturated carbocycles. The van der Waals surface area contributed by atoms with Crippen molar-refractivity contribution in [2.75, 3.05) is 40.5 Å². The van der Waals surface area contributed by atoms with Crippen LogP contribution < -0.4 is 0 Å². The second-order valence-corrected chi connectivity index (χ2v) is 5.85. The van der Waals surface area contributed by atoms with Gasteiger partial charge in [0, 0.05) is 54.8 Å². The molecule has 0 radical (unpaired) electrons. The van der Waals surface area contributed by atoms with Crippen LogP contribution in [0.4, 0.5) is 0 Å². The van der Waals surface area contributed by atoms with Gasteiger partial charge in [-0.1, -0.05) is 6.42 Å². The van der Waals surface area contributed by atoms with E-state index < -0.39 is 10.4 Å². The fourth-order valence-electron chi connectivity index (χ4n) is 1.65. The molecule has 0 spiro atoms. The van der Waals surface area contributed by atoms with E-state index in [2.05, 4.69) is 82.9 Å². The van der Waals surface area contributed by atoms with Gasteiger partial charge in [0.25, 0.3) is 0 Å². The van der Waals surface area contributed by atoms with Crippen LogP contribution in [0.25, 0.3) is 0 Å². The van der Waals surface area contributed by atoms with Gasteiger partial charge in [-0.05, 0) is 13.8 Å². The summed E-state index contributed by atoms with van der Waals surface area (Å²) in [6.45, 7) is 8.64. The van der Waals surface area contributed by atoms with Crippen LogP contribution in [0.5, 0.6) is 0 Å². The molecule has 9 heteroatoms. The molecule has 2 heterocycles. The number of hydrogen-bond donors (Lipinski definition) is 1. The topological polar surface area (TPSA) is 76.6 Å². The Morgan fingerprint density at radius 3 is 1.57 bits per heavy atom. The highest BCUT2D eigenvalue weighted by atomic mass is 32.3. The first-order valence-electron chi connectivity index (χ1n) is 7.08. The van der Waals surface area contributed by atoms with Gasteiger partial charge in [-0.2, -0.15) is 8.42 Å². The van der Waals surface area contributed by atoms with E-state index in [-0.39, 0.29) is 2.85 Å². The molecule has 1 N–H and O–H groups in total. The Hall–Kier alpha value is -2.05. The molecule has 2 aliphatic rings. The monoisotopic (exact) mass is 350 g/mol. The van der Waals surface area contributed by atoms with Gasteiger partial charge < -0.3 is 23.8 Å². The summed E-state index contributed by atoms with van der Waals surface area (Å²) in [7, 11) is -0.259. The molecule has 136 valence electrons. The molecular formula is C14H30N4O4S. The minimum Gasteiger partial charge on any atom is -0.362 e. The van der Waals surface area contributed by atoms with Crippen molar-refractivity contribution in [1.29, 1.82) is 0 Å². The molecule has 0 fully saturated rings. The predicted octanol–water partition coefficient (Wildman–Crippen LogP) is 1.25. The average molecular weight is 350 g/mol. The van der Waals surface area contributed by atoms with Gasteiger partial charge in [0.1, 0.15) is 6.11 Å². The second kappa shape index (κ2) is 10.6. The molecule has 0 unspecified atom stereocenters. The minimum absolute atomic E-state index is 0. The maximum Gasteiger partial charge on any atom is 0.454 e. The lowest BCUT2D eigenvalue weighted by Crippen LogP contribution is -2.21. The third-order valence-electron chi connectivity index (χ3n) is 2.84. The maximum atomic E-state index is 9.42. The molecule has 23 heavy (non-hydrogen) atoms. The molecule has 0 bridgehead atoms. The lowest BCUT2D eigenvalue weighted by molar-refractivity contribution is 0.308. The van der Waals surface area contributed by atoms with Crippen LogP contribution in [-0.2, 0) is 14.6 Å². The van der Waals surface area contributed by atoms with Gasteiger partial charge in [0.15, 0.2) is 0 Å². The first-order valence-corrected chi connectivity index (χ1v) is 8.45. The Morgan fingerprint density at radius 1 is 1.09 bits per heavy atom. The summed E-state index contributed by atoms with van der Waals surface area (Å²) >= 11 is 0. The normalized spacial score (nSPS) is 15.7. The molecule has 8 nitrogen and oxygen atoms in total. The summed E-state index contributed by atoms with van der Waals surface area (Å²) in [6.07, 6.45) is 14.0. The third-order valence-corrected chi connectivity index (χ3v) is 3.15. The molecule has 0 atom stereocenters. The Bertz CT molecular complexity index is 511. The van der Waals surface area contributed by atoms with Gasteiger partial charge in [0.2, 0.25) is 0 Å². The van der Waals surface area contributed by atoms with E-state index in [0.29, 0.717) is 0 Å². The van der Waals surface area contributed by atoms with Crippen molar-refractivity contribution in [2.24, 2.45) is 0 Å². The first-order chi connectivity index (χ1) is 10.7. The van der Waals surface area contributed by atoms with Crippen molar-refractivity contribution in [1.82, 2.24) is 19.6 Å². The zero-order valence-electron chi connectivity index (χ0n) is 14.1. The van der Waals surface area contributed by atoms with E-state index in [4.69, 9.17) is 4.55 Å². The average Bonchev–Trinajstić information content (AvgIpc) is 3.07. The summed E-state index contributed by atoms with van der Waals surface area (Å²) < 4.78 is 29.8. The molecule has 0 aliphatic carbocycles. The summed E-state index contributed by atoms with van der Waals surface area (Å²) in [6, 6.07) is 0. The minimum atomic E-state index is -4.41. The van der Waals surface area contributed by atoms with Crippen molar-refractivity contribution in [3.05, 3.63) is 24.8 Å². The quantitative estimate of drug-likeness (QED) is 0.602. The molecule has 0 aromatic rings. The van der Waals surface area contributed by atoms with Gasteiger partial charge in [-0.25, -0.2) is 0 Å². The zero-order valence-corrected chi connectivity index (χ0v) is 14.9. The van der Waals surface area contributed by atoms with E-state index in [9.17, 15) is 8.42 Å². The van der Waals surface area contributed by atoms with E-state index >= 15 is 0 Å². The Kier molecular flexibility index (Phi) is 9.69. The third kappa shape index (κ3) is 11.2. The molecule has 0 aromatic heterocycles. The zero-order chi connectivity index (χ0) is 17.9. The van der Waals surface area contributed by atoms with Crippen LogP contribution in [0.3, 0.4) is 0 Å². The van der Waals surface area contributed by atoms with Crippen LogP contribution >= 0.6 is 0 Å². The highest BCUT2D eigenvalue weighted by Crippen LogP contribution is 2.01. The standard InChI is InChI=1S/2C6H12N2.C2H2O4S.2H2/c2*1-3-8-5-4-7(2)6-8;1-2-6-7(3,4)5;;/h2*4-5H,3,6H2,1-2H3;1H,(H,3,4,5);2*1H. The predicted molar refractivity (Wildman–Crippen MR) is 94.0 cm³/mol. The molecule has 0 aromatic carbocycles. The van der Waals surface area contributed by atoms with Gasteiger partial charge in [-0.15, -0.1) is 0 Å². The maximum absolute atomic E-state index is 9.42. The number of rotatable bonds is 3. The smallest absolute Gasteiger partial charge is 0.362 e. The van der Waals surface area contributed by atoms with Crippen LogP contribution in [0.2, 0.25) is 0 Å². The van der Waals surface area contributed by atoms with Crippen molar-refractivity contribution >= 4 is 10.4 Å². The Labute approximate surface area is 142 Å². The fraction of sp³-hybridized carbons (Fsp3) is 0.571. The van der Waals surface area contributed by atoms with E-state index in [1.54, 1.807) is 0 Å². The molecule has 0 amide bonds. The summed E-state index contributed by atoms with van der Waals surface area (Å²) in [4.78, 5) is 8.81. The summed E-state index contributed by atoms with van der Waals surface area (Å²) in [5, 5.41) is 0. The van der Waals surface area contributed by atoms with Crippen LogP contribution in [0, 0.1) is 12.5 Å². The molecule has 0 saturated heterocycles. The largest absolute Gasteiger partial charge is 0.454 e. The number of terminal acetylenes is 1. The van der Waals surface area contributed by atoms with Crippen molar-refractivity contribution in [3.8, 4) is 12.5 Å². The van der Waals surface area contributed by atoms with Gasteiger partial charge in [-0.3, -0.25) is 4.55 Å². The van der Waals surface area contributed by atoms with E-state index in [1.807, 2.05) is 0 Å². The fourth-order valence-corrected chi connectivity index (χ4v) is 1.77. The molecule has 2 aliphatic heterocycles. The lowest BCUT2D eigenvalue weighted by atomic mass is 10.6. The highest BCUT2D eigenvalue weighted by Gasteiger charge is 2.04. The Balaban J connectivity index is -0.000000280. The van der Waals surface area contributed by atoms with E-state index in [1.165, 1.54) is 6.11 Å². The number of hydrogen-bond acceptors (Lipinski definition) is 7. The first kappa shape index (κ1) is 20.9. The van der Waals surface area contributed by atoms with Crippen LogP contribution in [0.15, 0.2) is 24.8 Å². The van der Waals surface area contributed by atoms with Crippen LogP contribution in [-0.4, -0.2) is 73.1 Å².